The van der Waals surface area contributed by atoms with Gasteiger partial charge < -0.3 is 4.90 Å². The lowest BCUT2D eigenvalue weighted by Crippen LogP contribution is -2.40. The Hall–Kier alpha value is -1.95. The summed E-state index contributed by atoms with van der Waals surface area (Å²) in [6.07, 6.45) is 2.01. The highest BCUT2D eigenvalue weighted by Gasteiger charge is 2.24. The van der Waals surface area contributed by atoms with Crippen molar-refractivity contribution in [1.82, 2.24) is 15.1 Å². The van der Waals surface area contributed by atoms with Crippen molar-refractivity contribution in [3.05, 3.63) is 40.9 Å². The summed E-state index contributed by atoms with van der Waals surface area (Å²) >= 11 is 1.45. The van der Waals surface area contributed by atoms with Crippen LogP contribution in [0.4, 0.5) is 9.93 Å². The predicted molar refractivity (Wildman–Crippen MR) is 93.0 cm³/mol. The van der Waals surface area contributed by atoms with Crippen molar-refractivity contribution in [1.29, 1.82) is 0 Å². The maximum atomic E-state index is 12.3. The molecule has 2 amide bonds. The summed E-state index contributed by atoms with van der Waals surface area (Å²) in [5.74, 6) is 0.883. The summed E-state index contributed by atoms with van der Waals surface area (Å²) in [6.45, 7) is 5.70. The lowest BCUT2D eigenvalue weighted by molar-refractivity contribution is 0.194. The van der Waals surface area contributed by atoms with E-state index in [0.29, 0.717) is 17.0 Å². The lowest BCUT2D eigenvalue weighted by atomic mass is 9.90. The van der Waals surface area contributed by atoms with Gasteiger partial charge >= 0.3 is 6.03 Å². The fourth-order valence-corrected chi connectivity index (χ4v) is 3.57. The molecule has 0 radical (unpaired) electrons. The lowest BCUT2D eigenvalue weighted by Gasteiger charge is -2.31. The molecule has 1 aliphatic heterocycles. The third kappa shape index (κ3) is 3.88. The first-order valence-electron chi connectivity index (χ1n) is 8.07. The zero-order valence-electron chi connectivity index (χ0n) is 13.5. The molecule has 2 aromatic rings. The summed E-state index contributed by atoms with van der Waals surface area (Å²) < 4.78 is 0. The maximum absolute atomic E-state index is 12.3. The second-order valence-electron chi connectivity index (χ2n) is 6.20. The minimum atomic E-state index is -0.0667. The molecule has 0 atom stereocenters. The number of amides is 2. The minimum absolute atomic E-state index is 0.0667. The number of carbonyl (C=O) groups is 1. The molecule has 3 rings (SSSR count). The molecule has 1 N–H and O–H groups in total. The number of benzene rings is 1. The molecule has 1 saturated heterocycles. The number of piperidine rings is 1. The van der Waals surface area contributed by atoms with Crippen LogP contribution in [0.3, 0.4) is 0 Å². The number of nitrogens with one attached hydrogen (secondary N) is 1. The van der Waals surface area contributed by atoms with Crippen molar-refractivity contribution in [3.8, 4) is 0 Å². The van der Waals surface area contributed by atoms with E-state index in [4.69, 9.17) is 0 Å². The molecule has 1 aliphatic rings. The van der Waals surface area contributed by atoms with Crippen LogP contribution in [0, 0.1) is 0 Å². The highest BCUT2D eigenvalue weighted by atomic mass is 32.1. The van der Waals surface area contributed by atoms with Crippen LogP contribution in [0.2, 0.25) is 0 Å². The van der Waals surface area contributed by atoms with Gasteiger partial charge in [0.15, 0.2) is 0 Å². The predicted octanol–water partition coefficient (Wildman–Crippen LogP) is 4.07. The topological polar surface area (TPSA) is 58.1 Å². The molecule has 1 fully saturated rings. The molecule has 0 bridgehead atoms. The molecule has 6 heteroatoms. The van der Waals surface area contributed by atoms with E-state index in [2.05, 4.69) is 53.6 Å². The largest absolute Gasteiger partial charge is 0.324 e. The van der Waals surface area contributed by atoms with Gasteiger partial charge in [-0.15, -0.1) is 10.2 Å². The van der Waals surface area contributed by atoms with E-state index in [1.807, 2.05) is 11.0 Å². The number of hydrogen-bond donors (Lipinski definition) is 1. The quantitative estimate of drug-likeness (QED) is 0.923. The Balaban J connectivity index is 1.53. The second kappa shape index (κ2) is 7.08. The number of aromatic nitrogens is 2. The Morgan fingerprint density at radius 2 is 1.91 bits per heavy atom. The molecule has 0 spiro atoms. The highest BCUT2D eigenvalue weighted by molar-refractivity contribution is 7.15. The van der Waals surface area contributed by atoms with E-state index >= 15 is 0 Å². The van der Waals surface area contributed by atoms with Gasteiger partial charge in [-0.05, 0) is 24.3 Å². The Labute approximate surface area is 140 Å². The van der Waals surface area contributed by atoms with Gasteiger partial charge in [0, 0.05) is 19.0 Å². The van der Waals surface area contributed by atoms with Gasteiger partial charge in [-0.2, -0.15) is 0 Å². The molecule has 5 nitrogen and oxygen atoms in total. The maximum Gasteiger partial charge on any atom is 0.323 e. The fourth-order valence-electron chi connectivity index (χ4n) is 2.83. The first-order chi connectivity index (χ1) is 11.1. The first kappa shape index (κ1) is 15.9. The summed E-state index contributed by atoms with van der Waals surface area (Å²) in [7, 11) is 0. The zero-order chi connectivity index (χ0) is 16.2. The third-order valence-corrected chi connectivity index (χ3v) is 5.34. The summed E-state index contributed by atoms with van der Waals surface area (Å²) in [6, 6.07) is 10.5. The first-order valence-corrected chi connectivity index (χ1v) is 8.89. The molecular formula is C17H22N4OS. The smallest absolute Gasteiger partial charge is 0.323 e. The van der Waals surface area contributed by atoms with Crippen LogP contribution < -0.4 is 5.32 Å². The van der Waals surface area contributed by atoms with E-state index < -0.39 is 0 Å². The van der Waals surface area contributed by atoms with Crippen molar-refractivity contribution in [2.24, 2.45) is 0 Å². The van der Waals surface area contributed by atoms with Crippen LogP contribution >= 0.6 is 11.3 Å². The minimum Gasteiger partial charge on any atom is -0.324 e. The highest BCUT2D eigenvalue weighted by Crippen LogP contribution is 2.28. The normalized spacial score (nSPS) is 15.9. The average molecular weight is 330 g/mol. The van der Waals surface area contributed by atoms with E-state index in [0.717, 1.165) is 30.9 Å². The van der Waals surface area contributed by atoms with Gasteiger partial charge in [0.25, 0.3) is 0 Å². The number of nitrogens with zero attached hydrogens (tertiary/aromatic N) is 3. The van der Waals surface area contributed by atoms with Crippen LogP contribution in [-0.2, 0) is 0 Å². The average Bonchev–Trinajstić information content (AvgIpc) is 3.04. The number of hydrogen-bond acceptors (Lipinski definition) is 4. The molecule has 0 unspecified atom stereocenters. The zero-order valence-corrected chi connectivity index (χ0v) is 14.3. The van der Waals surface area contributed by atoms with Gasteiger partial charge in [0.2, 0.25) is 5.13 Å². The van der Waals surface area contributed by atoms with Crippen molar-refractivity contribution in [2.75, 3.05) is 18.4 Å². The molecular weight excluding hydrogens is 308 g/mol. The summed E-state index contributed by atoms with van der Waals surface area (Å²) in [4.78, 5) is 14.2. The molecule has 122 valence electrons. The van der Waals surface area contributed by atoms with E-state index in [9.17, 15) is 4.79 Å². The fraction of sp³-hybridized carbons (Fsp3) is 0.471. The van der Waals surface area contributed by atoms with Gasteiger partial charge in [-0.3, -0.25) is 5.32 Å². The molecule has 1 aromatic carbocycles. The van der Waals surface area contributed by atoms with Crippen molar-refractivity contribution in [2.45, 2.75) is 38.5 Å². The van der Waals surface area contributed by atoms with E-state index in [-0.39, 0.29) is 6.03 Å². The second-order valence-corrected chi connectivity index (χ2v) is 7.21. The number of rotatable bonds is 3. The van der Waals surface area contributed by atoms with Crippen molar-refractivity contribution in [3.63, 3.8) is 0 Å². The molecule has 0 saturated carbocycles. The number of anilines is 1. The Morgan fingerprint density at radius 3 is 2.52 bits per heavy atom. The van der Waals surface area contributed by atoms with Gasteiger partial charge in [-0.1, -0.05) is 55.5 Å². The van der Waals surface area contributed by atoms with Gasteiger partial charge in [-0.25, -0.2) is 4.79 Å². The number of urea groups is 1. The van der Waals surface area contributed by atoms with E-state index in [1.165, 1.54) is 16.9 Å². The van der Waals surface area contributed by atoms with Crippen LogP contribution in [-0.4, -0.2) is 34.2 Å². The monoisotopic (exact) mass is 330 g/mol. The van der Waals surface area contributed by atoms with Gasteiger partial charge in [0.1, 0.15) is 5.01 Å². The molecule has 0 aliphatic carbocycles. The Kier molecular flexibility index (Phi) is 4.91. The third-order valence-electron chi connectivity index (χ3n) is 4.20. The summed E-state index contributed by atoms with van der Waals surface area (Å²) in [5.41, 5.74) is 1.37. The SMILES string of the molecule is CC(C)c1nnc(NC(=O)N2CCC(c3ccccc3)CC2)s1. The van der Waals surface area contributed by atoms with Crippen LogP contribution in [0.15, 0.2) is 30.3 Å². The standard InChI is InChI=1S/C17H22N4OS/c1-12(2)15-19-20-16(23-15)18-17(22)21-10-8-14(9-11-21)13-6-4-3-5-7-13/h3-7,12,14H,8-11H2,1-2H3,(H,18,20,22). The molecule has 1 aromatic heterocycles. The molecule has 23 heavy (non-hydrogen) atoms. The Bertz CT molecular complexity index is 648. The summed E-state index contributed by atoms with van der Waals surface area (Å²) in [5, 5.41) is 12.6. The number of likely N-dealkylation sites (tertiary alicyclic amines) is 1. The van der Waals surface area contributed by atoms with E-state index in [1.54, 1.807) is 0 Å². The van der Waals surface area contributed by atoms with Crippen molar-refractivity contribution >= 4 is 22.5 Å². The molecule has 2 heterocycles. The van der Waals surface area contributed by atoms with Crippen molar-refractivity contribution < 1.29 is 4.79 Å². The van der Waals surface area contributed by atoms with Gasteiger partial charge in [0.05, 0.1) is 0 Å². The number of carbonyl (C=O) groups excluding carboxylic acids is 1. The Morgan fingerprint density at radius 1 is 1.22 bits per heavy atom. The van der Waals surface area contributed by atoms with Crippen LogP contribution in [0.5, 0.6) is 0 Å². The van der Waals surface area contributed by atoms with Crippen LogP contribution in [0.25, 0.3) is 0 Å². The van der Waals surface area contributed by atoms with Crippen LogP contribution in [0.1, 0.15) is 49.1 Å².